The second-order valence-corrected chi connectivity index (χ2v) is 3.24. The van der Waals surface area contributed by atoms with E-state index in [0.29, 0.717) is 6.61 Å². The summed E-state index contributed by atoms with van der Waals surface area (Å²) in [5, 5.41) is 4.50. The van der Waals surface area contributed by atoms with Crippen LogP contribution < -0.4 is 10.1 Å². The maximum atomic E-state index is 5.39. The van der Waals surface area contributed by atoms with Gasteiger partial charge < -0.3 is 9.47 Å². The van der Waals surface area contributed by atoms with Crippen LogP contribution in [0.4, 0.5) is 0 Å². The fourth-order valence-corrected chi connectivity index (χ4v) is 1.65. The highest BCUT2D eigenvalue weighted by atomic mass is 16.5. The van der Waals surface area contributed by atoms with E-state index in [-0.39, 0.29) is 6.04 Å². The molecule has 1 saturated heterocycles. The summed E-state index contributed by atoms with van der Waals surface area (Å²) >= 11 is 0. The molecule has 1 fully saturated rings. The average molecular weight is 192 g/mol. The molecule has 1 aromatic carbocycles. The second kappa shape index (κ2) is 4.44. The van der Waals surface area contributed by atoms with Gasteiger partial charge in [-0.2, -0.15) is 0 Å². The molecule has 3 nitrogen and oxygen atoms in total. The summed E-state index contributed by atoms with van der Waals surface area (Å²) in [6.07, 6.45) is 0. The molecule has 2 rings (SSSR count). The Morgan fingerprint density at radius 3 is 3.00 bits per heavy atom. The highest BCUT2D eigenvalue weighted by Gasteiger charge is 2.19. The lowest BCUT2D eigenvalue weighted by Gasteiger charge is -2.23. The van der Waals surface area contributed by atoms with Crippen molar-refractivity contribution < 1.29 is 9.47 Å². The Kier molecular flexibility index (Phi) is 3.01. The van der Waals surface area contributed by atoms with Crippen molar-refractivity contribution in [3.63, 3.8) is 0 Å². The number of para-hydroxylation sites is 1. The first-order valence-corrected chi connectivity index (χ1v) is 4.79. The minimum absolute atomic E-state index is 0.139. The van der Waals surface area contributed by atoms with Crippen LogP contribution in [0.3, 0.4) is 0 Å². The Morgan fingerprint density at radius 1 is 1.43 bits per heavy atom. The number of benzene rings is 1. The number of morpholine rings is 1. The first kappa shape index (κ1) is 9.49. The number of hydrogen-bond acceptors (Lipinski definition) is 2. The lowest BCUT2D eigenvalue weighted by atomic mass is 10.1. The van der Waals surface area contributed by atoms with E-state index in [1.807, 2.05) is 24.3 Å². The molecule has 1 heterocycles. The summed E-state index contributed by atoms with van der Waals surface area (Å²) in [5.41, 5.74) is 1.12. The highest BCUT2D eigenvalue weighted by Crippen LogP contribution is 2.26. The van der Waals surface area contributed by atoms with Gasteiger partial charge in [0.05, 0.1) is 26.4 Å². The largest absolute Gasteiger partial charge is 0.496 e. The molecule has 1 aliphatic heterocycles. The number of methoxy groups -OCH3 is 1. The second-order valence-electron chi connectivity index (χ2n) is 3.24. The first-order chi connectivity index (χ1) is 6.92. The van der Waals surface area contributed by atoms with Crippen LogP contribution in [-0.4, -0.2) is 26.9 Å². The lowest BCUT2D eigenvalue weighted by Crippen LogP contribution is -2.29. The van der Waals surface area contributed by atoms with Crippen LogP contribution in [0.1, 0.15) is 11.6 Å². The van der Waals surface area contributed by atoms with Gasteiger partial charge in [-0.15, -0.1) is 0 Å². The molecular formula is C11H14NO2. The molecule has 14 heavy (non-hydrogen) atoms. The molecule has 1 unspecified atom stereocenters. The average Bonchev–Trinajstić information content (AvgIpc) is 2.30. The molecule has 0 N–H and O–H groups in total. The Labute approximate surface area is 84.0 Å². The van der Waals surface area contributed by atoms with Gasteiger partial charge in [-0.05, 0) is 6.07 Å². The van der Waals surface area contributed by atoms with Crippen molar-refractivity contribution in [3.8, 4) is 5.75 Å². The fraction of sp³-hybridized carbons (Fsp3) is 0.455. The van der Waals surface area contributed by atoms with Gasteiger partial charge in [0, 0.05) is 12.1 Å². The fourth-order valence-electron chi connectivity index (χ4n) is 1.65. The van der Waals surface area contributed by atoms with Crippen LogP contribution in [-0.2, 0) is 4.74 Å². The third-order valence-corrected chi connectivity index (χ3v) is 2.36. The van der Waals surface area contributed by atoms with Crippen LogP contribution in [0, 0.1) is 0 Å². The van der Waals surface area contributed by atoms with Crippen molar-refractivity contribution in [3.05, 3.63) is 29.8 Å². The number of ether oxygens (including phenoxy) is 2. The molecule has 0 bridgehead atoms. The molecule has 0 aliphatic carbocycles. The molecule has 0 spiro atoms. The van der Waals surface area contributed by atoms with E-state index < -0.39 is 0 Å². The molecular weight excluding hydrogens is 178 g/mol. The van der Waals surface area contributed by atoms with Crippen molar-refractivity contribution in [1.82, 2.24) is 5.32 Å². The van der Waals surface area contributed by atoms with Crippen LogP contribution in [0.25, 0.3) is 0 Å². The third kappa shape index (κ3) is 1.89. The summed E-state index contributed by atoms with van der Waals surface area (Å²) in [7, 11) is 1.68. The lowest BCUT2D eigenvalue weighted by molar-refractivity contribution is 0.0737. The molecule has 1 aliphatic rings. The molecule has 75 valence electrons. The third-order valence-electron chi connectivity index (χ3n) is 2.36. The van der Waals surface area contributed by atoms with Gasteiger partial charge in [-0.3, -0.25) is 0 Å². The quantitative estimate of drug-likeness (QED) is 0.709. The Hall–Kier alpha value is -1.06. The zero-order chi connectivity index (χ0) is 9.80. The highest BCUT2D eigenvalue weighted by molar-refractivity contribution is 5.36. The predicted octanol–water partition coefficient (Wildman–Crippen LogP) is 1.37. The summed E-state index contributed by atoms with van der Waals surface area (Å²) in [6.45, 7) is 2.19. The SMILES string of the molecule is COc1ccccc1C1COCC[N]1. The van der Waals surface area contributed by atoms with Crippen molar-refractivity contribution in [2.45, 2.75) is 6.04 Å². The Balaban J connectivity index is 2.20. The maximum absolute atomic E-state index is 5.39. The first-order valence-electron chi connectivity index (χ1n) is 4.79. The van der Waals surface area contributed by atoms with E-state index in [0.717, 1.165) is 24.5 Å². The Bertz CT molecular complexity index is 295. The normalized spacial score (nSPS) is 21.9. The van der Waals surface area contributed by atoms with E-state index >= 15 is 0 Å². The maximum Gasteiger partial charge on any atom is 0.123 e. The number of nitrogens with zero attached hydrogens (tertiary/aromatic N) is 1. The summed E-state index contributed by atoms with van der Waals surface area (Å²) in [4.78, 5) is 0. The standard InChI is InChI=1S/C11H14NO2/c1-13-11-5-3-2-4-9(11)10-8-14-7-6-12-10/h2-5,10H,6-8H2,1H3. The van der Waals surface area contributed by atoms with Gasteiger partial charge in [0.1, 0.15) is 5.75 Å². The van der Waals surface area contributed by atoms with E-state index in [2.05, 4.69) is 5.32 Å². The van der Waals surface area contributed by atoms with Crippen molar-refractivity contribution in [1.29, 1.82) is 0 Å². The van der Waals surface area contributed by atoms with E-state index in [1.165, 1.54) is 0 Å². The van der Waals surface area contributed by atoms with Gasteiger partial charge >= 0.3 is 0 Å². The van der Waals surface area contributed by atoms with E-state index in [1.54, 1.807) is 7.11 Å². The number of rotatable bonds is 2. The molecule has 0 saturated carbocycles. The molecule has 3 heteroatoms. The molecule has 1 radical (unpaired) electrons. The van der Waals surface area contributed by atoms with Gasteiger partial charge in [0.2, 0.25) is 0 Å². The van der Waals surface area contributed by atoms with Crippen LogP contribution in [0.2, 0.25) is 0 Å². The van der Waals surface area contributed by atoms with Crippen LogP contribution in [0.15, 0.2) is 24.3 Å². The smallest absolute Gasteiger partial charge is 0.123 e. The summed E-state index contributed by atoms with van der Waals surface area (Å²) in [5.74, 6) is 0.895. The van der Waals surface area contributed by atoms with E-state index in [9.17, 15) is 0 Å². The van der Waals surface area contributed by atoms with Gasteiger partial charge in [0.15, 0.2) is 0 Å². The summed E-state index contributed by atoms with van der Waals surface area (Å²) in [6, 6.07) is 8.11. The molecule has 0 aromatic heterocycles. The van der Waals surface area contributed by atoms with Gasteiger partial charge in [-0.25, -0.2) is 5.32 Å². The van der Waals surface area contributed by atoms with Crippen LogP contribution >= 0.6 is 0 Å². The van der Waals surface area contributed by atoms with Gasteiger partial charge in [-0.1, -0.05) is 18.2 Å². The monoisotopic (exact) mass is 192 g/mol. The van der Waals surface area contributed by atoms with Crippen molar-refractivity contribution in [2.24, 2.45) is 0 Å². The molecule has 1 aromatic rings. The van der Waals surface area contributed by atoms with E-state index in [4.69, 9.17) is 9.47 Å². The zero-order valence-electron chi connectivity index (χ0n) is 8.27. The predicted molar refractivity (Wildman–Crippen MR) is 53.6 cm³/mol. The van der Waals surface area contributed by atoms with Crippen molar-refractivity contribution in [2.75, 3.05) is 26.9 Å². The topological polar surface area (TPSA) is 32.6 Å². The summed E-state index contributed by atoms with van der Waals surface area (Å²) < 4.78 is 10.7. The Morgan fingerprint density at radius 2 is 2.29 bits per heavy atom. The molecule has 1 atom stereocenters. The number of hydrogen-bond donors (Lipinski definition) is 0. The molecule has 0 amide bonds. The van der Waals surface area contributed by atoms with Crippen LogP contribution in [0.5, 0.6) is 5.75 Å². The minimum Gasteiger partial charge on any atom is -0.496 e. The zero-order valence-corrected chi connectivity index (χ0v) is 8.27. The van der Waals surface area contributed by atoms with Gasteiger partial charge in [0.25, 0.3) is 0 Å². The minimum atomic E-state index is 0.139. The van der Waals surface area contributed by atoms with Crippen molar-refractivity contribution >= 4 is 0 Å².